The number of rotatable bonds is 2. The van der Waals surface area contributed by atoms with Crippen LogP contribution in [0, 0.1) is 0 Å². The third-order valence-electron chi connectivity index (χ3n) is 5.36. The molecule has 0 saturated heterocycles. The Labute approximate surface area is 150 Å². The fraction of sp³-hybridized carbons (Fsp3) is 0.286. The Morgan fingerprint density at radius 3 is 2.15 bits per heavy atom. The van der Waals surface area contributed by atoms with E-state index in [2.05, 4.69) is 5.32 Å². The van der Waals surface area contributed by atoms with Crippen molar-refractivity contribution in [3.63, 3.8) is 0 Å². The SMILES string of the molecule is O=C1NC2(CCC(F)(F)CC2)C(O)=C1c1cccc(-c2ccccc2)c1. The second-order valence-electron chi connectivity index (χ2n) is 7.06. The molecule has 2 aliphatic rings. The van der Waals surface area contributed by atoms with Crippen molar-refractivity contribution in [2.45, 2.75) is 37.1 Å². The van der Waals surface area contributed by atoms with Crippen LogP contribution >= 0.6 is 0 Å². The molecule has 1 spiro atoms. The molecule has 4 rings (SSSR count). The van der Waals surface area contributed by atoms with Crippen LogP contribution in [0.25, 0.3) is 16.7 Å². The maximum atomic E-state index is 13.5. The molecular weight excluding hydrogens is 336 g/mol. The maximum absolute atomic E-state index is 13.5. The van der Waals surface area contributed by atoms with Crippen LogP contribution < -0.4 is 5.32 Å². The number of amides is 1. The van der Waals surface area contributed by atoms with Crippen LogP contribution in [0.1, 0.15) is 31.2 Å². The lowest BCUT2D eigenvalue weighted by Crippen LogP contribution is -2.49. The van der Waals surface area contributed by atoms with Crippen molar-refractivity contribution in [2.24, 2.45) is 0 Å². The highest BCUT2D eigenvalue weighted by Gasteiger charge is 2.51. The molecule has 0 radical (unpaired) electrons. The Balaban J connectivity index is 1.72. The molecule has 26 heavy (non-hydrogen) atoms. The maximum Gasteiger partial charge on any atom is 0.256 e. The molecule has 2 aromatic rings. The summed E-state index contributed by atoms with van der Waals surface area (Å²) >= 11 is 0. The fourth-order valence-electron chi connectivity index (χ4n) is 3.84. The average Bonchev–Trinajstić information content (AvgIpc) is 2.89. The summed E-state index contributed by atoms with van der Waals surface area (Å²) in [7, 11) is 0. The highest BCUT2D eigenvalue weighted by Crippen LogP contribution is 2.46. The Bertz CT molecular complexity index is 880. The van der Waals surface area contributed by atoms with E-state index in [1.165, 1.54) is 0 Å². The molecule has 2 aromatic carbocycles. The Hall–Kier alpha value is -2.69. The molecule has 5 heteroatoms. The molecule has 134 valence electrons. The second-order valence-corrected chi connectivity index (χ2v) is 7.06. The Morgan fingerprint density at radius 2 is 1.46 bits per heavy atom. The van der Waals surface area contributed by atoms with Crippen LogP contribution in [0.5, 0.6) is 0 Å². The topological polar surface area (TPSA) is 49.3 Å². The molecule has 0 unspecified atom stereocenters. The van der Waals surface area contributed by atoms with Gasteiger partial charge in [-0.05, 0) is 35.6 Å². The third-order valence-corrected chi connectivity index (χ3v) is 5.36. The lowest BCUT2D eigenvalue weighted by atomic mass is 9.79. The first-order valence-corrected chi connectivity index (χ1v) is 8.70. The van der Waals surface area contributed by atoms with E-state index in [0.717, 1.165) is 11.1 Å². The zero-order valence-corrected chi connectivity index (χ0v) is 14.1. The molecule has 3 nitrogen and oxygen atoms in total. The molecule has 0 atom stereocenters. The molecule has 1 fully saturated rings. The van der Waals surface area contributed by atoms with E-state index >= 15 is 0 Å². The fourth-order valence-corrected chi connectivity index (χ4v) is 3.84. The van der Waals surface area contributed by atoms with Gasteiger partial charge in [-0.15, -0.1) is 0 Å². The first-order valence-electron chi connectivity index (χ1n) is 8.70. The molecule has 1 heterocycles. The monoisotopic (exact) mass is 355 g/mol. The summed E-state index contributed by atoms with van der Waals surface area (Å²) in [6.07, 6.45) is -0.595. The van der Waals surface area contributed by atoms with Crippen molar-refractivity contribution in [1.29, 1.82) is 0 Å². The van der Waals surface area contributed by atoms with Crippen LogP contribution in [0.4, 0.5) is 8.78 Å². The number of alkyl halides is 2. The minimum atomic E-state index is -2.73. The van der Waals surface area contributed by atoms with Crippen molar-refractivity contribution in [3.05, 3.63) is 65.9 Å². The molecule has 2 N–H and O–H groups in total. The van der Waals surface area contributed by atoms with Gasteiger partial charge in [0.15, 0.2) is 0 Å². The van der Waals surface area contributed by atoms with Gasteiger partial charge < -0.3 is 10.4 Å². The van der Waals surface area contributed by atoms with Gasteiger partial charge in [0.1, 0.15) is 5.76 Å². The van der Waals surface area contributed by atoms with Crippen molar-refractivity contribution in [1.82, 2.24) is 5.32 Å². The largest absolute Gasteiger partial charge is 0.509 e. The lowest BCUT2D eigenvalue weighted by molar-refractivity contribution is -0.117. The van der Waals surface area contributed by atoms with Gasteiger partial charge in [0.25, 0.3) is 5.91 Å². The molecule has 0 aromatic heterocycles. The van der Waals surface area contributed by atoms with Gasteiger partial charge in [-0.1, -0.05) is 48.5 Å². The summed E-state index contributed by atoms with van der Waals surface area (Å²) in [5.74, 6) is -3.24. The highest BCUT2D eigenvalue weighted by atomic mass is 19.3. The van der Waals surface area contributed by atoms with Crippen LogP contribution in [0.2, 0.25) is 0 Å². The standard InChI is InChI=1S/C21H19F2NO2/c22-21(23)11-9-20(10-12-21)18(25)17(19(26)24-20)16-8-4-7-15(13-16)14-5-2-1-3-6-14/h1-8,13,25H,9-12H2,(H,24,26). The van der Waals surface area contributed by atoms with E-state index in [0.29, 0.717) is 5.56 Å². The third kappa shape index (κ3) is 2.77. The molecule has 1 aliphatic carbocycles. The smallest absolute Gasteiger partial charge is 0.256 e. The van der Waals surface area contributed by atoms with Crippen LogP contribution in [-0.4, -0.2) is 22.5 Å². The quantitative estimate of drug-likeness (QED) is 0.820. The van der Waals surface area contributed by atoms with Crippen molar-refractivity contribution in [2.75, 3.05) is 0 Å². The van der Waals surface area contributed by atoms with E-state index in [1.807, 2.05) is 48.5 Å². The van der Waals surface area contributed by atoms with E-state index in [1.54, 1.807) is 6.07 Å². The first kappa shape index (κ1) is 16.8. The lowest BCUT2D eigenvalue weighted by Gasteiger charge is -2.36. The van der Waals surface area contributed by atoms with E-state index < -0.39 is 17.4 Å². The minimum Gasteiger partial charge on any atom is -0.509 e. The number of carbonyl (C=O) groups is 1. The van der Waals surface area contributed by atoms with Crippen LogP contribution in [-0.2, 0) is 4.79 Å². The van der Waals surface area contributed by atoms with Crippen LogP contribution in [0.3, 0.4) is 0 Å². The van der Waals surface area contributed by atoms with Gasteiger partial charge in [0.05, 0.1) is 11.1 Å². The van der Waals surface area contributed by atoms with E-state index in [-0.39, 0.29) is 37.0 Å². The Morgan fingerprint density at radius 1 is 0.846 bits per heavy atom. The number of aliphatic hydroxyl groups is 1. The summed E-state index contributed by atoms with van der Waals surface area (Å²) in [5, 5.41) is 13.5. The minimum absolute atomic E-state index is 0.0411. The summed E-state index contributed by atoms with van der Waals surface area (Å²) in [5.41, 5.74) is 1.65. The average molecular weight is 355 g/mol. The molecular formula is C21H19F2NO2. The predicted octanol–water partition coefficient (Wildman–Crippen LogP) is 4.70. The van der Waals surface area contributed by atoms with Crippen molar-refractivity contribution in [3.8, 4) is 11.1 Å². The zero-order valence-electron chi connectivity index (χ0n) is 14.1. The van der Waals surface area contributed by atoms with Gasteiger partial charge in [-0.25, -0.2) is 8.78 Å². The van der Waals surface area contributed by atoms with Gasteiger partial charge in [0.2, 0.25) is 5.92 Å². The van der Waals surface area contributed by atoms with Gasteiger partial charge >= 0.3 is 0 Å². The number of aliphatic hydroxyl groups excluding tert-OH is 1. The van der Waals surface area contributed by atoms with Crippen LogP contribution in [0.15, 0.2) is 60.4 Å². The summed E-state index contributed by atoms with van der Waals surface area (Å²) in [6.45, 7) is 0. The van der Waals surface area contributed by atoms with E-state index in [9.17, 15) is 18.7 Å². The molecule has 1 aliphatic heterocycles. The predicted molar refractivity (Wildman–Crippen MR) is 95.7 cm³/mol. The second kappa shape index (κ2) is 5.94. The van der Waals surface area contributed by atoms with Crippen molar-refractivity contribution >= 4 is 11.5 Å². The number of hydrogen-bond donors (Lipinski definition) is 2. The highest BCUT2D eigenvalue weighted by molar-refractivity contribution is 6.23. The van der Waals surface area contributed by atoms with Gasteiger partial charge in [-0.2, -0.15) is 0 Å². The number of carbonyl (C=O) groups excluding carboxylic acids is 1. The summed E-state index contributed by atoms with van der Waals surface area (Å²) < 4.78 is 27.0. The van der Waals surface area contributed by atoms with Gasteiger partial charge in [-0.3, -0.25) is 4.79 Å². The van der Waals surface area contributed by atoms with E-state index in [4.69, 9.17) is 0 Å². The summed E-state index contributed by atoms with van der Waals surface area (Å²) in [6, 6.07) is 17.1. The molecule has 1 amide bonds. The van der Waals surface area contributed by atoms with Gasteiger partial charge in [0, 0.05) is 12.8 Å². The van der Waals surface area contributed by atoms with Crippen molar-refractivity contribution < 1.29 is 18.7 Å². The first-order chi connectivity index (χ1) is 12.4. The Kier molecular flexibility index (Phi) is 3.83. The zero-order chi connectivity index (χ0) is 18.4. The number of halogens is 2. The number of hydrogen-bond acceptors (Lipinski definition) is 2. The molecule has 0 bridgehead atoms. The normalized spacial score (nSPS) is 21.1. The summed E-state index contributed by atoms with van der Waals surface area (Å²) in [4.78, 5) is 12.6. The number of nitrogens with one attached hydrogen (secondary N) is 1. The number of benzene rings is 2. The molecule has 1 saturated carbocycles.